The zero-order chi connectivity index (χ0) is 22.6. The summed E-state index contributed by atoms with van der Waals surface area (Å²) in [7, 11) is -1.83. The molecule has 1 unspecified atom stereocenters. The van der Waals surface area contributed by atoms with Gasteiger partial charge in [-0.25, -0.2) is 8.42 Å². The van der Waals surface area contributed by atoms with Crippen LogP contribution in [0.2, 0.25) is 0 Å². The summed E-state index contributed by atoms with van der Waals surface area (Å²) >= 11 is 0. The second kappa shape index (κ2) is 9.88. The van der Waals surface area contributed by atoms with E-state index >= 15 is 0 Å². The maximum Gasteiger partial charge on any atom is 0.261 e. The highest BCUT2D eigenvalue weighted by atomic mass is 32.2. The van der Waals surface area contributed by atoms with Gasteiger partial charge in [-0.3, -0.25) is 9.40 Å². The van der Waals surface area contributed by atoms with Crippen molar-refractivity contribution in [2.75, 3.05) is 4.72 Å². The van der Waals surface area contributed by atoms with E-state index in [0.29, 0.717) is 18.3 Å². The summed E-state index contributed by atoms with van der Waals surface area (Å²) in [4.78, 5) is 0.238. The molecule has 0 saturated heterocycles. The molecular weight excluding hydrogens is 420 g/mol. The number of aromatic nitrogens is 2. The van der Waals surface area contributed by atoms with Crippen molar-refractivity contribution in [3.63, 3.8) is 0 Å². The number of anilines is 1. The van der Waals surface area contributed by atoms with Gasteiger partial charge in [0.2, 0.25) is 0 Å². The quantitative estimate of drug-likeness (QED) is 0.482. The molecule has 0 amide bonds. The molecule has 1 saturated carbocycles. The summed E-state index contributed by atoms with van der Waals surface area (Å²) in [5, 5.41) is 7.74. The molecule has 1 aromatic heterocycles. The zero-order valence-corrected chi connectivity index (χ0v) is 19.6. The number of hydrogen-bond acceptors (Lipinski definition) is 4. The van der Waals surface area contributed by atoms with E-state index in [9.17, 15) is 8.42 Å². The van der Waals surface area contributed by atoms with Gasteiger partial charge < -0.3 is 5.32 Å². The molecule has 0 aliphatic heterocycles. The summed E-state index contributed by atoms with van der Waals surface area (Å²) in [6, 6.07) is 14.9. The van der Waals surface area contributed by atoms with E-state index in [1.54, 1.807) is 23.0 Å². The van der Waals surface area contributed by atoms with Crippen molar-refractivity contribution >= 4 is 15.7 Å². The Morgan fingerprint density at radius 1 is 1.06 bits per heavy atom. The second-order valence-corrected chi connectivity index (χ2v) is 10.5. The minimum Gasteiger partial charge on any atom is -0.310 e. The van der Waals surface area contributed by atoms with Crippen molar-refractivity contribution in [1.29, 1.82) is 0 Å². The highest BCUT2D eigenvalue weighted by Gasteiger charge is 2.19. The predicted molar refractivity (Wildman–Crippen MR) is 129 cm³/mol. The molecule has 1 aliphatic rings. The molecule has 3 aromatic rings. The van der Waals surface area contributed by atoms with Crippen LogP contribution in [-0.2, 0) is 23.6 Å². The van der Waals surface area contributed by atoms with Crippen molar-refractivity contribution in [3.05, 3.63) is 66.5 Å². The van der Waals surface area contributed by atoms with Crippen LogP contribution in [0.3, 0.4) is 0 Å². The first-order chi connectivity index (χ1) is 15.4. The van der Waals surface area contributed by atoms with Gasteiger partial charge in [0, 0.05) is 31.4 Å². The Morgan fingerprint density at radius 3 is 2.47 bits per heavy atom. The summed E-state index contributed by atoms with van der Waals surface area (Å²) < 4.78 is 30.6. The smallest absolute Gasteiger partial charge is 0.261 e. The van der Waals surface area contributed by atoms with E-state index < -0.39 is 10.0 Å². The molecule has 4 rings (SSSR count). The van der Waals surface area contributed by atoms with Crippen molar-refractivity contribution in [2.24, 2.45) is 13.0 Å². The van der Waals surface area contributed by atoms with Crippen LogP contribution in [0.4, 0.5) is 5.69 Å². The lowest BCUT2D eigenvalue weighted by atomic mass is 9.99. The molecule has 7 heteroatoms. The highest BCUT2D eigenvalue weighted by molar-refractivity contribution is 7.92. The molecule has 0 spiro atoms. The minimum absolute atomic E-state index is 0.238. The molecule has 0 bridgehead atoms. The number of aryl methyl sites for hydroxylation is 1. The lowest BCUT2D eigenvalue weighted by Gasteiger charge is -2.19. The van der Waals surface area contributed by atoms with Gasteiger partial charge in [0.15, 0.2) is 0 Å². The number of sulfonamides is 1. The summed E-state index contributed by atoms with van der Waals surface area (Å²) in [5.41, 5.74) is 3.44. The molecule has 0 radical (unpaired) electrons. The molecular formula is C25H32N4O2S. The van der Waals surface area contributed by atoms with Crippen LogP contribution in [0, 0.1) is 5.92 Å². The van der Waals surface area contributed by atoms with Crippen molar-refractivity contribution in [3.8, 4) is 11.1 Å². The van der Waals surface area contributed by atoms with Crippen molar-refractivity contribution in [2.45, 2.75) is 56.5 Å². The number of nitrogens with one attached hydrogen (secondary N) is 2. The first-order valence-corrected chi connectivity index (χ1v) is 12.8. The van der Waals surface area contributed by atoms with E-state index in [1.807, 2.05) is 49.6 Å². The van der Waals surface area contributed by atoms with Crippen molar-refractivity contribution in [1.82, 2.24) is 15.1 Å². The highest BCUT2D eigenvalue weighted by Crippen LogP contribution is 2.29. The van der Waals surface area contributed by atoms with E-state index in [-0.39, 0.29) is 4.90 Å². The largest absolute Gasteiger partial charge is 0.310 e. The van der Waals surface area contributed by atoms with Crippen LogP contribution in [0.25, 0.3) is 11.1 Å². The Kier molecular flexibility index (Phi) is 6.96. The van der Waals surface area contributed by atoms with Crippen LogP contribution >= 0.6 is 0 Å². The monoisotopic (exact) mass is 452 g/mol. The molecule has 1 atom stereocenters. The van der Waals surface area contributed by atoms with E-state index in [4.69, 9.17) is 0 Å². The average Bonchev–Trinajstić information content (AvgIpc) is 3.45. The Hall–Kier alpha value is -2.64. The lowest BCUT2D eigenvalue weighted by Crippen LogP contribution is -2.28. The molecule has 2 aromatic carbocycles. The van der Waals surface area contributed by atoms with E-state index in [2.05, 4.69) is 22.1 Å². The fraction of sp³-hybridized carbons (Fsp3) is 0.400. The topological polar surface area (TPSA) is 76.0 Å². The van der Waals surface area contributed by atoms with Gasteiger partial charge in [-0.2, -0.15) is 5.10 Å². The van der Waals surface area contributed by atoms with Gasteiger partial charge in [0.1, 0.15) is 0 Å². The Labute approximate surface area is 191 Å². The number of nitrogens with zero attached hydrogens (tertiary/aromatic N) is 2. The van der Waals surface area contributed by atoms with Crippen LogP contribution in [0.5, 0.6) is 0 Å². The fourth-order valence-corrected chi connectivity index (χ4v) is 5.59. The second-order valence-electron chi connectivity index (χ2n) is 8.86. The summed E-state index contributed by atoms with van der Waals surface area (Å²) in [5.74, 6) is 0.820. The van der Waals surface area contributed by atoms with Crippen molar-refractivity contribution < 1.29 is 8.42 Å². The zero-order valence-electron chi connectivity index (χ0n) is 18.8. The average molecular weight is 453 g/mol. The molecule has 1 aliphatic carbocycles. The van der Waals surface area contributed by atoms with Crippen LogP contribution in [0.1, 0.15) is 44.6 Å². The lowest BCUT2D eigenvalue weighted by molar-refractivity contribution is 0.404. The molecule has 1 fully saturated rings. The molecule has 170 valence electrons. The third kappa shape index (κ3) is 5.58. The first-order valence-electron chi connectivity index (χ1n) is 11.3. The number of benzene rings is 2. The fourth-order valence-electron chi connectivity index (χ4n) is 4.49. The van der Waals surface area contributed by atoms with Gasteiger partial charge in [0.05, 0.1) is 16.8 Å². The Bertz CT molecular complexity index is 1130. The van der Waals surface area contributed by atoms with Gasteiger partial charge in [-0.1, -0.05) is 56.0 Å². The van der Waals surface area contributed by atoms with Crippen LogP contribution in [-0.4, -0.2) is 24.2 Å². The molecule has 1 heterocycles. The third-order valence-corrected chi connectivity index (χ3v) is 7.65. The van der Waals surface area contributed by atoms with Gasteiger partial charge in [0.25, 0.3) is 10.0 Å². The predicted octanol–water partition coefficient (Wildman–Crippen LogP) is 4.95. The summed E-state index contributed by atoms with van der Waals surface area (Å²) in [6.45, 7) is 2.85. The summed E-state index contributed by atoms with van der Waals surface area (Å²) in [6.07, 6.45) is 10.2. The number of rotatable bonds is 9. The molecule has 2 N–H and O–H groups in total. The van der Waals surface area contributed by atoms with E-state index in [0.717, 1.165) is 22.6 Å². The third-order valence-electron chi connectivity index (χ3n) is 6.27. The van der Waals surface area contributed by atoms with Crippen LogP contribution < -0.4 is 10.0 Å². The van der Waals surface area contributed by atoms with Gasteiger partial charge in [-0.15, -0.1) is 0 Å². The Balaban J connectivity index is 1.42. The first kappa shape index (κ1) is 22.6. The van der Waals surface area contributed by atoms with Gasteiger partial charge in [-0.05, 0) is 48.6 Å². The number of para-hydroxylation sites is 1. The normalized spacial score (nSPS) is 15.7. The Morgan fingerprint density at radius 2 is 1.78 bits per heavy atom. The minimum atomic E-state index is -3.69. The molecule has 6 nitrogen and oxygen atoms in total. The van der Waals surface area contributed by atoms with E-state index in [1.165, 1.54) is 32.1 Å². The maximum atomic E-state index is 13.0. The van der Waals surface area contributed by atoms with Crippen LogP contribution in [0.15, 0.2) is 65.8 Å². The number of hydrogen-bond donors (Lipinski definition) is 2. The van der Waals surface area contributed by atoms with Gasteiger partial charge >= 0.3 is 0 Å². The maximum absolute atomic E-state index is 13.0. The molecule has 32 heavy (non-hydrogen) atoms. The SMILES string of the molecule is CC(CC1CCCC1)NCc1ccccc1NS(=O)(=O)c1ccc(-c2cnn(C)c2)cc1. The standard InChI is InChI=1S/C25H32N4O2S/c1-19(15-20-7-3-4-8-20)26-16-22-9-5-6-10-25(22)28-32(30,31)24-13-11-21(12-14-24)23-17-27-29(2)18-23/h5-6,9-14,17-20,26,28H,3-4,7-8,15-16H2,1-2H3.